The molecule has 0 unspecified atom stereocenters. The number of fused-ring (bicyclic) bond motifs is 1. The van der Waals surface area contributed by atoms with Gasteiger partial charge in [0.2, 0.25) is 5.95 Å². The molecule has 0 aliphatic carbocycles. The summed E-state index contributed by atoms with van der Waals surface area (Å²) in [6, 6.07) is 8.12. The van der Waals surface area contributed by atoms with E-state index >= 15 is 0 Å². The number of rotatable bonds is 7. The average molecular weight is 262 g/mol. The summed E-state index contributed by atoms with van der Waals surface area (Å²) in [7, 11) is 6.10. The molecule has 19 heavy (non-hydrogen) atoms. The highest BCUT2D eigenvalue weighted by Gasteiger charge is 2.05. The van der Waals surface area contributed by atoms with Crippen LogP contribution < -0.4 is 5.32 Å². The topological polar surface area (TPSA) is 42.3 Å². The molecule has 5 heteroatoms. The van der Waals surface area contributed by atoms with Crippen molar-refractivity contribution in [1.82, 2.24) is 14.5 Å². The van der Waals surface area contributed by atoms with Crippen LogP contribution in [0.2, 0.25) is 0 Å². The minimum Gasteiger partial charge on any atom is -0.378 e. The van der Waals surface area contributed by atoms with Gasteiger partial charge in [-0.2, -0.15) is 0 Å². The Morgan fingerprint density at radius 1 is 1.26 bits per heavy atom. The van der Waals surface area contributed by atoms with Gasteiger partial charge >= 0.3 is 0 Å². The number of anilines is 1. The summed E-state index contributed by atoms with van der Waals surface area (Å²) < 4.78 is 7.60. The third kappa shape index (κ3) is 3.68. The highest BCUT2D eigenvalue weighted by Crippen LogP contribution is 2.16. The second kappa shape index (κ2) is 6.54. The van der Waals surface area contributed by atoms with Crippen molar-refractivity contribution in [2.45, 2.75) is 0 Å². The van der Waals surface area contributed by atoms with Crippen molar-refractivity contribution in [3.05, 3.63) is 24.3 Å². The van der Waals surface area contributed by atoms with Gasteiger partial charge in [-0.3, -0.25) is 0 Å². The predicted octanol–water partition coefficient (Wildman–Crippen LogP) is 1.56. The number of aryl methyl sites for hydroxylation is 1. The number of nitrogens with one attached hydrogen (secondary N) is 1. The Morgan fingerprint density at radius 3 is 2.79 bits per heavy atom. The Hall–Kier alpha value is -1.59. The maximum absolute atomic E-state index is 5.54. The van der Waals surface area contributed by atoms with Crippen LogP contribution in [-0.2, 0) is 11.8 Å². The molecule has 0 amide bonds. The Kier molecular flexibility index (Phi) is 4.76. The quantitative estimate of drug-likeness (QED) is 0.769. The number of aromatic nitrogens is 2. The molecular formula is C14H22N4O. The summed E-state index contributed by atoms with van der Waals surface area (Å²) in [6.07, 6.45) is 0. The first-order chi connectivity index (χ1) is 9.18. The molecular weight excluding hydrogens is 240 g/mol. The molecule has 104 valence electrons. The number of hydrogen-bond donors (Lipinski definition) is 1. The van der Waals surface area contributed by atoms with Crippen LogP contribution in [0.4, 0.5) is 5.95 Å². The monoisotopic (exact) mass is 262 g/mol. The fourth-order valence-electron chi connectivity index (χ4n) is 1.89. The van der Waals surface area contributed by atoms with Crippen molar-refractivity contribution in [1.29, 1.82) is 0 Å². The predicted molar refractivity (Wildman–Crippen MR) is 78.6 cm³/mol. The average Bonchev–Trinajstić information content (AvgIpc) is 2.71. The van der Waals surface area contributed by atoms with Gasteiger partial charge in [-0.05, 0) is 26.2 Å². The second-order valence-corrected chi connectivity index (χ2v) is 4.83. The Labute approximate surface area is 114 Å². The van der Waals surface area contributed by atoms with Gasteiger partial charge in [0.05, 0.1) is 24.2 Å². The van der Waals surface area contributed by atoms with Crippen LogP contribution in [-0.4, -0.2) is 54.8 Å². The fourth-order valence-corrected chi connectivity index (χ4v) is 1.89. The van der Waals surface area contributed by atoms with Gasteiger partial charge in [0, 0.05) is 20.1 Å². The van der Waals surface area contributed by atoms with Crippen molar-refractivity contribution in [3.63, 3.8) is 0 Å². The molecule has 1 N–H and O–H groups in total. The number of benzene rings is 1. The summed E-state index contributed by atoms with van der Waals surface area (Å²) in [4.78, 5) is 6.66. The van der Waals surface area contributed by atoms with Crippen LogP contribution in [0.1, 0.15) is 0 Å². The van der Waals surface area contributed by atoms with Crippen molar-refractivity contribution in [2.24, 2.45) is 7.05 Å². The first-order valence-electron chi connectivity index (χ1n) is 6.56. The van der Waals surface area contributed by atoms with Crippen molar-refractivity contribution < 1.29 is 4.74 Å². The lowest BCUT2D eigenvalue weighted by Gasteiger charge is -2.10. The Balaban J connectivity index is 1.80. The molecule has 0 saturated heterocycles. The lowest BCUT2D eigenvalue weighted by molar-refractivity contribution is 0.126. The molecule has 0 atom stereocenters. The van der Waals surface area contributed by atoms with Gasteiger partial charge in [0.25, 0.3) is 0 Å². The third-order valence-electron chi connectivity index (χ3n) is 3.00. The van der Waals surface area contributed by atoms with Crippen LogP contribution in [0.15, 0.2) is 24.3 Å². The molecule has 5 nitrogen and oxygen atoms in total. The SMILES string of the molecule is CN(C)CCOCCNc1nc2ccccc2n1C. The van der Waals surface area contributed by atoms with E-state index < -0.39 is 0 Å². The van der Waals surface area contributed by atoms with Crippen LogP contribution in [0.5, 0.6) is 0 Å². The molecule has 0 aliphatic heterocycles. The number of ether oxygens (including phenoxy) is 1. The lowest BCUT2D eigenvalue weighted by Crippen LogP contribution is -2.20. The molecule has 0 radical (unpaired) electrons. The van der Waals surface area contributed by atoms with Crippen LogP contribution in [0.3, 0.4) is 0 Å². The summed E-state index contributed by atoms with van der Waals surface area (Å²) in [6.45, 7) is 3.17. The molecule has 0 spiro atoms. The van der Waals surface area contributed by atoms with Gasteiger partial charge in [0.15, 0.2) is 0 Å². The van der Waals surface area contributed by atoms with E-state index in [-0.39, 0.29) is 0 Å². The maximum Gasteiger partial charge on any atom is 0.203 e. The van der Waals surface area contributed by atoms with Gasteiger partial charge in [-0.25, -0.2) is 4.98 Å². The largest absolute Gasteiger partial charge is 0.378 e. The summed E-state index contributed by atoms with van der Waals surface area (Å²) >= 11 is 0. The van der Waals surface area contributed by atoms with Gasteiger partial charge in [0.1, 0.15) is 0 Å². The smallest absolute Gasteiger partial charge is 0.203 e. The van der Waals surface area contributed by atoms with E-state index in [1.54, 1.807) is 0 Å². The lowest BCUT2D eigenvalue weighted by atomic mass is 10.3. The number of para-hydroxylation sites is 2. The van der Waals surface area contributed by atoms with Gasteiger partial charge in [-0.15, -0.1) is 0 Å². The Bertz CT molecular complexity index is 521. The third-order valence-corrected chi connectivity index (χ3v) is 3.00. The summed E-state index contributed by atoms with van der Waals surface area (Å²) in [5.74, 6) is 0.886. The number of imidazole rings is 1. The van der Waals surface area contributed by atoms with Crippen LogP contribution in [0.25, 0.3) is 11.0 Å². The minimum absolute atomic E-state index is 0.692. The van der Waals surface area contributed by atoms with E-state index in [2.05, 4.69) is 25.8 Å². The first-order valence-corrected chi connectivity index (χ1v) is 6.56. The zero-order chi connectivity index (χ0) is 13.7. The van der Waals surface area contributed by atoms with E-state index in [4.69, 9.17) is 4.74 Å². The van der Waals surface area contributed by atoms with E-state index in [0.717, 1.165) is 36.7 Å². The number of likely N-dealkylation sites (N-methyl/N-ethyl adjacent to an activating group) is 1. The summed E-state index contributed by atoms with van der Waals surface area (Å²) in [5.41, 5.74) is 2.15. The highest BCUT2D eigenvalue weighted by molar-refractivity contribution is 5.78. The zero-order valence-corrected chi connectivity index (χ0v) is 11.9. The maximum atomic E-state index is 5.54. The molecule has 0 aliphatic rings. The fraction of sp³-hybridized carbons (Fsp3) is 0.500. The van der Waals surface area contributed by atoms with Gasteiger partial charge in [-0.1, -0.05) is 12.1 Å². The molecule has 0 saturated carbocycles. The normalized spacial score (nSPS) is 11.4. The van der Waals surface area contributed by atoms with E-state index in [9.17, 15) is 0 Å². The Morgan fingerprint density at radius 2 is 2.05 bits per heavy atom. The second-order valence-electron chi connectivity index (χ2n) is 4.83. The standard InChI is InChI=1S/C14H22N4O/c1-17(2)9-11-19-10-8-15-14-16-12-6-4-5-7-13(12)18(14)3/h4-7H,8-11H2,1-3H3,(H,15,16). The molecule has 2 rings (SSSR count). The minimum atomic E-state index is 0.692. The highest BCUT2D eigenvalue weighted by atomic mass is 16.5. The molecule has 1 aromatic carbocycles. The zero-order valence-electron chi connectivity index (χ0n) is 11.9. The van der Waals surface area contributed by atoms with E-state index in [0.29, 0.717) is 6.61 Å². The molecule has 0 bridgehead atoms. The number of hydrogen-bond acceptors (Lipinski definition) is 4. The van der Waals surface area contributed by atoms with Crippen molar-refractivity contribution in [2.75, 3.05) is 45.7 Å². The van der Waals surface area contributed by atoms with E-state index in [1.165, 1.54) is 0 Å². The first kappa shape index (κ1) is 13.8. The van der Waals surface area contributed by atoms with Crippen molar-refractivity contribution in [3.8, 4) is 0 Å². The number of nitrogens with zero attached hydrogens (tertiary/aromatic N) is 3. The molecule has 2 aromatic rings. The van der Waals surface area contributed by atoms with Crippen molar-refractivity contribution >= 4 is 17.0 Å². The van der Waals surface area contributed by atoms with E-state index in [1.807, 2.05) is 39.3 Å². The molecule has 1 aromatic heterocycles. The van der Waals surface area contributed by atoms with Crippen LogP contribution >= 0.6 is 0 Å². The van der Waals surface area contributed by atoms with Gasteiger partial charge < -0.3 is 19.5 Å². The molecule has 0 fully saturated rings. The summed E-state index contributed by atoms with van der Waals surface area (Å²) in [5, 5.41) is 3.30. The van der Waals surface area contributed by atoms with Crippen LogP contribution in [0, 0.1) is 0 Å². The molecule has 1 heterocycles.